The third-order valence-electron chi connectivity index (χ3n) is 7.38. The fourth-order valence-corrected chi connectivity index (χ4v) is 6.60. The van der Waals surface area contributed by atoms with E-state index in [1.165, 1.54) is 23.1 Å². The predicted molar refractivity (Wildman–Crippen MR) is 176 cm³/mol. The zero-order valence-corrected chi connectivity index (χ0v) is 27.1. The average molecular weight is 630 g/mol. The van der Waals surface area contributed by atoms with Gasteiger partial charge in [0.05, 0.1) is 10.6 Å². The summed E-state index contributed by atoms with van der Waals surface area (Å²) in [5, 5.41) is 2.90. The number of carbonyl (C=O) groups is 2. The van der Waals surface area contributed by atoms with Gasteiger partial charge in [-0.1, -0.05) is 72.3 Å². The Hall–Kier alpha value is -4.50. The number of hydrogen-bond acceptors (Lipinski definition) is 4. The van der Waals surface area contributed by atoms with E-state index in [4.69, 9.17) is 0 Å². The fourth-order valence-electron chi connectivity index (χ4n) is 5.21. The number of rotatable bonds is 12. The van der Waals surface area contributed by atoms with Gasteiger partial charge in [-0.05, 0) is 81.6 Å². The maximum atomic E-state index is 15.0. The summed E-state index contributed by atoms with van der Waals surface area (Å²) in [5.41, 5.74) is 3.86. The minimum Gasteiger partial charge on any atom is -0.352 e. The van der Waals surface area contributed by atoms with Crippen molar-refractivity contribution in [2.45, 2.75) is 64.6 Å². The number of sulfonamides is 1. The van der Waals surface area contributed by atoms with Gasteiger partial charge in [0.25, 0.3) is 10.0 Å². The number of nitrogens with zero attached hydrogens (tertiary/aromatic N) is 2. The smallest absolute Gasteiger partial charge is 0.264 e. The molecule has 0 aliphatic carbocycles. The Morgan fingerprint density at radius 1 is 0.800 bits per heavy atom. The van der Waals surface area contributed by atoms with E-state index in [1.54, 1.807) is 42.5 Å². The van der Waals surface area contributed by atoms with Crippen LogP contribution in [0.2, 0.25) is 0 Å². The van der Waals surface area contributed by atoms with E-state index >= 15 is 4.39 Å². The third-order valence-corrected chi connectivity index (χ3v) is 9.17. The lowest BCUT2D eigenvalue weighted by atomic mass is 10.0. The molecule has 45 heavy (non-hydrogen) atoms. The predicted octanol–water partition coefficient (Wildman–Crippen LogP) is 6.11. The highest BCUT2D eigenvalue weighted by molar-refractivity contribution is 7.92. The summed E-state index contributed by atoms with van der Waals surface area (Å²) in [6, 6.07) is 25.8. The largest absolute Gasteiger partial charge is 0.352 e. The molecule has 1 N–H and O–H groups in total. The number of nitrogens with one attached hydrogen (secondary N) is 1. The van der Waals surface area contributed by atoms with E-state index < -0.39 is 40.2 Å². The minimum absolute atomic E-state index is 0.0269. The van der Waals surface area contributed by atoms with Gasteiger partial charge in [0.1, 0.15) is 18.4 Å². The average Bonchev–Trinajstić information content (AvgIpc) is 2.98. The molecule has 0 radical (unpaired) electrons. The molecule has 7 nitrogen and oxygen atoms in total. The van der Waals surface area contributed by atoms with Crippen LogP contribution in [0.4, 0.5) is 10.1 Å². The molecule has 0 aromatic heterocycles. The highest BCUT2D eigenvalue weighted by Crippen LogP contribution is 2.27. The van der Waals surface area contributed by atoms with Gasteiger partial charge in [0, 0.05) is 24.6 Å². The number of anilines is 1. The molecule has 0 heterocycles. The number of hydrogen-bond donors (Lipinski definition) is 1. The monoisotopic (exact) mass is 629 g/mol. The van der Waals surface area contributed by atoms with Crippen molar-refractivity contribution in [1.29, 1.82) is 0 Å². The van der Waals surface area contributed by atoms with E-state index in [0.717, 1.165) is 26.6 Å². The van der Waals surface area contributed by atoms with Crippen molar-refractivity contribution in [2.75, 3.05) is 10.8 Å². The molecule has 0 aliphatic rings. The van der Waals surface area contributed by atoms with Gasteiger partial charge in [-0.25, -0.2) is 12.8 Å². The van der Waals surface area contributed by atoms with Crippen LogP contribution in [0.3, 0.4) is 0 Å². The van der Waals surface area contributed by atoms with Crippen LogP contribution in [0, 0.1) is 26.6 Å². The van der Waals surface area contributed by atoms with Crippen molar-refractivity contribution in [3.8, 4) is 0 Å². The van der Waals surface area contributed by atoms with Crippen LogP contribution in [-0.4, -0.2) is 43.8 Å². The van der Waals surface area contributed by atoms with Crippen LogP contribution in [0.5, 0.6) is 0 Å². The molecule has 0 saturated heterocycles. The molecular weight excluding hydrogens is 589 g/mol. The van der Waals surface area contributed by atoms with E-state index in [2.05, 4.69) is 5.32 Å². The lowest BCUT2D eigenvalue weighted by molar-refractivity contribution is -0.140. The first-order chi connectivity index (χ1) is 21.3. The van der Waals surface area contributed by atoms with Crippen LogP contribution >= 0.6 is 0 Å². The summed E-state index contributed by atoms with van der Waals surface area (Å²) in [6.45, 7) is 8.36. The van der Waals surface area contributed by atoms with Crippen LogP contribution in [-0.2, 0) is 32.6 Å². The normalized spacial score (nSPS) is 12.1. The topological polar surface area (TPSA) is 86.8 Å². The summed E-state index contributed by atoms with van der Waals surface area (Å²) in [7, 11) is -4.23. The Morgan fingerprint density at radius 2 is 1.40 bits per heavy atom. The second-order valence-corrected chi connectivity index (χ2v) is 13.5. The first-order valence-electron chi connectivity index (χ1n) is 14.9. The minimum atomic E-state index is -4.23. The second kappa shape index (κ2) is 14.5. The van der Waals surface area contributed by atoms with E-state index in [-0.39, 0.29) is 29.5 Å². The summed E-state index contributed by atoms with van der Waals surface area (Å²) < 4.78 is 44.5. The maximum Gasteiger partial charge on any atom is 0.264 e. The van der Waals surface area contributed by atoms with Gasteiger partial charge in [-0.15, -0.1) is 0 Å². The van der Waals surface area contributed by atoms with Crippen LogP contribution in [0.15, 0.2) is 102 Å². The Bertz CT molecular complexity index is 1720. The lowest BCUT2D eigenvalue weighted by Crippen LogP contribution is -2.54. The van der Waals surface area contributed by atoms with Gasteiger partial charge in [-0.3, -0.25) is 13.9 Å². The van der Waals surface area contributed by atoms with Gasteiger partial charge in [0.2, 0.25) is 11.8 Å². The molecule has 0 fully saturated rings. The van der Waals surface area contributed by atoms with Crippen molar-refractivity contribution >= 4 is 27.5 Å². The number of amides is 2. The maximum absolute atomic E-state index is 15.0. The summed E-state index contributed by atoms with van der Waals surface area (Å²) in [4.78, 5) is 29.5. The molecule has 4 rings (SSSR count). The standard InChI is InChI=1S/C36H40FN3O4S/c1-25(2)38-36(42)34(22-29-11-7-6-8-12-29)39(23-30-13-9-10-14-33(30)37)35(41)24-40(31-20-27(4)19-28(5)21-31)45(43,44)32-17-15-26(3)16-18-32/h6-21,25,34H,22-24H2,1-5H3,(H,38,42)/t34-/m0/s1. The van der Waals surface area contributed by atoms with Crippen molar-refractivity contribution in [3.63, 3.8) is 0 Å². The molecule has 0 unspecified atom stereocenters. The first-order valence-corrected chi connectivity index (χ1v) is 16.3. The molecule has 2 amide bonds. The Balaban J connectivity index is 1.84. The summed E-state index contributed by atoms with van der Waals surface area (Å²) >= 11 is 0. The molecule has 4 aromatic carbocycles. The molecular formula is C36H40FN3O4S. The van der Waals surface area contributed by atoms with Gasteiger partial charge in [0.15, 0.2) is 0 Å². The highest BCUT2D eigenvalue weighted by Gasteiger charge is 2.35. The van der Waals surface area contributed by atoms with Gasteiger partial charge >= 0.3 is 0 Å². The van der Waals surface area contributed by atoms with Gasteiger partial charge < -0.3 is 10.2 Å². The van der Waals surface area contributed by atoms with Crippen molar-refractivity contribution in [2.24, 2.45) is 0 Å². The number of halogens is 1. The second-order valence-electron chi connectivity index (χ2n) is 11.7. The van der Waals surface area contributed by atoms with E-state index in [1.807, 2.05) is 71.0 Å². The van der Waals surface area contributed by atoms with Crippen molar-refractivity contribution in [1.82, 2.24) is 10.2 Å². The summed E-state index contributed by atoms with van der Waals surface area (Å²) in [5.74, 6) is -1.60. The first kappa shape index (κ1) is 33.4. The Morgan fingerprint density at radius 3 is 2.00 bits per heavy atom. The van der Waals surface area contributed by atoms with Crippen LogP contribution in [0.1, 0.15) is 41.7 Å². The zero-order valence-electron chi connectivity index (χ0n) is 26.3. The molecule has 0 saturated carbocycles. The number of benzene rings is 4. The molecule has 9 heteroatoms. The van der Waals surface area contributed by atoms with E-state index in [9.17, 15) is 18.0 Å². The Kier molecular flexibility index (Phi) is 10.8. The molecule has 0 aliphatic heterocycles. The molecule has 4 aromatic rings. The SMILES string of the molecule is Cc1ccc(S(=O)(=O)N(CC(=O)N(Cc2ccccc2F)[C@@H](Cc2ccccc2)C(=O)NC(C)C)c2cc(C)cc(C)c2)cc1. The summed E-state index contributed by atoms with van der Waals surface area (Å²) in [6.07, 6.45) is 0.147. The highest BCUT2D eigenvalue weighted by atomic mass is 32.2. The molecule has 1 atom stereocenters. The number of carbonyl (C=O) groups excluding carboxylic acids is 2. The molecule has 0 bridgehead atoms. The van der Waals surface area contributed by atoms with Crippen LogP contribution in [0.25, 0.3) is 0 Å². The van der Waals surface area contributed by atoms with E-state index in [0.29, 0.717) is 5.69 Å². The Labute approximate surface area is 265 Å². The lowest BCUT2D eigenvalue weighted by Gasteiger charge is -2.34. The number of aryl methyl sites for hydroxylation is 3. The van der Waals surface area contributed by atoms with Gasteiger partial charge in [-0.2, -0.15) is 0 Å². The van der Waals surface area contributed by atoms with Crippen molar-refractivity contribution < 1.29 is 22.4 Å². The van der Waals surface area contributed by atoms with Crippen molar-refractivity contribution in [3.05, 3.63) is 131 Å². The molecule has 236 valence electrons. The fraction of sp³-hybridized carbons (Fsp3) is 0.278. The quantitative estimate of drug-likeness (QED) is 0.205. The zero-order chi connectivity index (χ0) is 32.7. The molecule has 0 spiro atoms. The third kappa shape index (κ3) is 8.57. The van der Waals surface area contributed by atoms with Crippen LogP contribution < -0.4 is 9.62 Å².